The molecule has 0 aliphatic rings. The maximum atomic E-state index is 5.45. The lowest BCUT2D eigenvalue weighted by Gasteiger charge is -2.09. The van der Waals surface area contributed by atoms with E-state index in [1.807, 2.05) is 12.1 Å². The standard InChI is InChI=1S/C11H15N3O/c1-3-5-8(2)13-11-14-9-6-4-7-12-10(9)15-11/h4,6-8H,3,5H2,1-2H3,(H,13,14). The van der Waals surface area contributed by atoms with Gasteiger partial charge >= 0.3 is 0 Å². The first kappa shape index (κ1) is 9.96. The van der Waals surface area contributed by atoms with Crippen molar-refractivity contribution in [2.24, 2.45) is 0 Å². The van der Waals surface area contributed by atoms with E-state index in [2.05, 4.69) is 29.1 Å². The SMILES string of the molecule is CCCC(C)Nc1nc2cccnc2o1. The van der Waals surface area contributed by atoms with Crippen molar-refractivity contribution >= 4 is 17.2 Å². The highest BCUT2D eigenvalue weighted by Gasteiger charge is 2.08. The van der Waals surface area contributed by atoms with E-state index in [-0.39, 0.29) is 0 Å². The minimum Gasteiger partial charge on any atom is -0.404 e. The predicted octanol–water partition coefficient (Wildman–Crippen LogP) is 2.82. The van der Waals surface area contributed by atoms with Crippen LogP contribution in [0, 0.1) is 0 Å². The van der Waals surface area contributed by atoms with Crippen molar-refractivity contribution in [1.82, 2.24) is 9.97 Å². The number of rotatable bonds is 4. The van der Waals surface area contributed by atoms with Crippen LogP contribution in [0.15, 0.2) is 22.7 Å². The van der Waals surface area contributed by atoms with Gasteiger partial charge in [0, 0.05) is 12.2 Å². The van der Waals surface area contributed by atoms with Crippen LogP contribution in [0.4, 0.5) is 6.01 Å². The molecular weight excluding hydrogens is 190 g/mol. The molecule has 1 unspecified atom stereocenters. The summed E-state index contributed by atoms with van der Waals surface area (Å²) in [5.74, 6) is 0. The fraction of sp³-hybridized carbons (Fsp3) is 0.455. The van der Waals surface area contributed by atoms with E-state index in [0.29, 0.717) is 17.8 Å². The number of hydrogen-bond acceptors (Lipinski definition) is 4. The highest BCUT2D eigenvalue weighted by atomic mass is 16.4. The molecule has 0 amide bonds. The van der Waals surface area contributed by atoms with Crippen LogP contribution >= 0.6 is 0 Å². The van der Waals surface area contributed by atoms with E-state index in [0.717, 1.165) is 18.4 Å². The number of pyridine rings is 1. The second-order valence-electron chi connectivity index (χ2n) is 3.68. The third-order valence-electron chi connectivity index (χ3n) is 2.26. The Kier molecular flexibility index (Phi) is 2.85. The van der Waals surface area contributed by atoms with Gasteiger partial charge in [-0.15, -0.1) is 0 Å². The molecule has 2 rings (SSSR count). The van der Waals surface area contributed by atoms with Gasteiger partial charge in [0.05, 0.1) is 0 Å². The lowest BCUT2D eigenvalue weighted by molar-refractivity contribution is 0.579. The van der Waals surface area contributed by atoms with E-state index in [9.17, 15) is 0 Å². The summed E-state index contributed by atoms with van der Waals surface area (Å²) in [6.45, 7) is 4.28. The summed E-state index contributed by atoms with van der Waals surface area (Å²) in [5, 5.41) is 3.21. The lowest BCUT2D eigenvalue weighted by Crippen LogP contribution is -2.14. The van der Waals surface area contributed by atoms with E-state index in [1.165, 1.54) is 0 Å². The van der Waals surface area contributed by atoms with E-state index < -0.39 is 0 Å². The van der Waals surface area contributed by atoms with Crippen molar-refractivity contribution in [2.75, 3.05) is 5.32 Å². The monoisotopic (exact) mass is 205 g/mol. The summed E-state index contributed by atoms with van der Waals surface area (Å²) in [4.78, 5) is 8.38. The fourth-order valence-corrected chi connectivity index (χ4v) is 1.55. The van der Waals surface area contributed by atoms with Gasteiger partial charge in [-0.3, -0.25) is 0 Å². The molecule has 0 aliphatic carbocycles. The van der Waals surface area contributed by atoms with Crippen LogP contribution in [0.25, 0.3) is 11.2 Å². The Morgan fingerprint density at radius 3 is 3.13 bits per heavy atom. The van der Waals surface area contributed by atoms with Gasteiger partial charge in [0.25, 0.3) is 6.01 Å². The Morgan fingerprint density at radius 1 is 1.53 bits per heavy atom. The Labute approximate surface area is 88.7 Å². The Morgan fingerprint density at radius 2 is 2.40 bits per heavy atom. The fourth-order valence-electron chi connectivity index (χ4n) is 1.55. The average molecular weight is 205 g/mol. The van der Waals surface area contributed by atoms with Crippen LogP contribution in [0.1, 0.15) is 26.7 Å². The summed E-state index contributed by atoms with van der Waals surface area (Å²) in [7, 11) is 0. The lowest BCUT2D eigenvalue weighted by atomic mass is 10.2. The van der Waals surface area contributed by atoms with E-state index in [1.54, 1.807) is 6.20 Å². The molecule has 0 fully saturated rings. The normalized spacial score (nSPS) is 12.9. The van der Waals surface area contributed by atoms with Crippen LogP contribution in [-0.4, -0.2) is 16.0 Å². The predicted molar refractivity (Wildman–Crippen MR) is 59.8 cm³/mol. The Hall–Kier alpha value is -1.58. The zero-order valence-electron chi connectivity index (χ0n) is 9.03. The molecule has 0 spiro atoms. The summed E-state index contributed by atoms with van der Waals surface area (Å²) in [6.07, 6.45) is 3.95. The van der Waals surface area contributed by atoms with Gasteiger partial charge < -0.3 is 9.73 Å². The first-order valence-electron chi connectivity index (χ1n) is 5.27. The Balaban J connectivity index is 2.15. The summed E-state index contributed by atoms with van der Waals surface area (Å²) >= 11 is 0. The van der Waals surface area contributed by atoms with Crippen LogP contribution in [0.2, 0.25) is 0 Å². The zero-order valence-corrected chi connectivity index (χ0v) is 9.03. The first-order valence-corrected chi connectivity index (χ1v) is 5.27. The highest BCUT2D eigenvalue weighted by molar-refractivity contribution is 5.69. The van der Waals surface area contributed by atoms with Gasteiger partial charge in [0.2, 0.25) is 5.71 Å². The van der Waals surface area contributed by atoms with Gasteiger partial charge in [-0.05, 0) is 25.5 Å². The van der Waals surface area contributed by atoms with Crippen molar-refractivity contribution < 1.29 is 4.42 Å². The number of fused-ring (bicyclic) bond motifs is 1. The minimum absolute atomic E-state index is 0.378. The molecule has 0 bridgehead atoms. The van der Waals surface area contributed by atoms with E-state index in [4.69, 9.17) is 4.42 Å². The van der Waals surface area contributed by atoms with E-state index >= 15 is 0 Å². The molecule has 2 aromatic heterocycles. The number of hydrogen-bond donors (Lipinski definition) is 1. The number of anilines is 1. The molecule has 2 aromatic rings. The number of aromatic nitrogens is 2. The van der Waals surface area contributed by atoms with Crippen LogP contribution in [0.5, 0.6) is 0 Å². The molecule has 15 heavy (non-hydrogen) atoms. The molecule has 0 aliphatic heterocycles. The molecule has 80 valence electrons. The smallest absolute Gasteiger partial charge is 0.297 e. The molecule has 4 heteroatoms. The second-order valence-corrected chi connectivity index (χ2v) is 3.68. The quantitative estimate of drug-likeness (QED) is 0.833. The van der Waals surface area contributed by atoms with Crippen molar-refractivity contribution in [3.8, 4) is 0 Å². The number of oxazole rings is 1. The maximum Gasteiger partial charge on any atom is 0.297 e. The molecular formula is C11H15N3O. The molecule has 0 saturated heterocycles. The molecule has 0 saturated carbocycles. The topological polar surface area (TPSA) is 51.0 Å². The van der Waals surface area contributed by atoms with Gasteiger partial charge in [-0.1, -0.05) is 13.3 Å². The molecule has 0 aromatic carbocycles. The molecule has 1 N–H and O–H groups in total. The largest absolute Gasteiger partial charge is 0.404 e. The average Bonchev–Trinajstić information content (AvgIpc) is 2.59. The van der Waals surface area contributed by atoms with Gasteiger partial charge in [0.1, 0.15) is 5.52 Å². The summed E-state index contributed by atoms with van der Waals surface area (Å²) in [5.41, 5.74) is 1.38. The van der Waals surface area contributed by atoms with Gasteiger partial charge in [-0.25, -0.2) is 4.98 Å². The molecule has 2 heterocycles. The highest BCUT2D eigenvalue weighted by Crippen LogP contribution is 2.17. The first-order chi connectivity index (χ1) is 7.29. The van der Waals surface area contributed by atoms with Gasteiger partial charge in [0.15, 0.2) is 0 Å². The Bertz CT molecular complexity index is 405. The summed E-state index contributed by atoms with van der Waals surface area (Å²) in [6, 6.07) is 4.68. The van der Waals surface area contributed by atoms with Crippen LogP contribution in [-0.2, 0) is 0 Å². The van der Waals surface area contributed by atoms with Crippen LogP contribution in [0.3, 0.4) is 0 Å². The summed E-state index contributed by atoms with van der Waals surface area (Å²) < 4.78 is 5.45. The minimum atomic E-state index is 0.378. The van der Waals surface area contributed by atoms with Crippen LogP contribution < -0.4 is 5.32 Å². The molecule has 1 atom stereocenters. The molecule has 4 nitrogen and oxygen atoms in total. The second kappa shape index (κ2) is 4.29. The molecule has 0 radical (unpaired) electrons. The third kappa shape index (κ3) is 2.26. The van der Waals surface area contributed by atoms with Crippen molar-refractivity contribution in [3.63, 3.8) is 0 Å². The number of nitrogens with one attached hydrogen (secondary N) is 1. The van der Waals surface area contributed by atoms with Gasteiger partial charge in [-0.2, -0.15) is 4.98 Å². The van der Waals surface area contributed by atoms with Crippen molar-refractivity contribution in [2.45, 2.75) is 32.7 Å². The zero-order chi connectivity index (χ0) is 10.7. The number of nitrogens with zero attached hydrogens (tertiary/aromatic N) is 2. The van der Waals surface area contributed by atoms with Crippen molar-refractivity contribution in [3.05, 3.63) is 18.3 Å². The van der Waals surface area contributed by atoms with Crippen molar-refractivity contribution in [1.29, 1.82) is 0 Å². The maximum absolute atomic E-state index is 5.45. The third-order valence-corrected chi connectivity index (χ3v) is 2.26.